The van der Waals surface area contributed by atoms with Crippen molar-refractivity contribution in [1.29, 1.82) is 0 Å². The molecule has 88 valence electrons. The summed E-state index contributed by atoms with van der Waals surface area (Å²) in [6.07, 6.45) is 4.45. The van der Waals surface area contributed by atoms with E-state index in [2.05, 4.69) is 23.8 Å². The Morgan fingerprint density at radius 2 is 2.38 bits per heavy atom. The van der Waals surface area contributed by atoms with E-state index in [0.717, 1.165) is 29.9 Å². The van der Waals surface area contributed by atoms with Gasteiger partial charge in [-0.1, -0.05) is 12.5 Å². The minimum absolute atomic E-state index is 0.250. The third kappa shape index (κ3) is 3.35. The van der Waals surface area contributed by atoms with E-state index in [1.807, 2.05) is 13.0 Å². The highest BCUT2D eigenvalue weighted by Gasteiger charge is 2.14. The van der Waals surface area contributed by atoms with Crippen LogP contribution >= 0.6 is 0 Å². The van der Waals surface area contributed by atoms with Gasteiger partial charge in [0.05, 0.1) is 13.3 Å². The second kappa shape index (κ2) is 6.28. The van der Waals surface area contributed by atoms with Crippen LogP contribution in [-0.4, -0.2) is 18.6 Å². The molecule has 1 heterocycles. The number of hydrogen-bond acceptors (Lipinski definition) is 3. The van der Waals surface area contributed by atoms with Crippen molar-refractivity contribution in [2.75, 3.05) is 13.7 Å². The molecule has 1 unspecified atom stereocenters. The number of rotatable bonds is 6. The number of nitrogens with zero attached hydrogens (tertiary/aromatic N) is 1. The fourth-order valence-corrected chi connectivity index (χ4v) is 1.74. The van der Waals surface area contributed by atoms with Gasteiger partial charge in [0.15, 0.2) is 0 Å². The Morgan fingerprint density at radius 1 is 1.62 bits per heavy atom. The van der Waals surface area contributed by atoms with Crippen LogP contribution in [0.1, 0.15) is 31.9 Å². The number of pyridine rings is 1. The summed E-state index contributed by atoms with van der Waals surface area (Å²) < 4.78 is 5.32. The monoisotopic (exact) mass is 220 g/mol. The highest BCUT2D eigenvalue weighted by atomic mass is 16.5. The summed E-state index contributed by atoms with van der Waals surface area (Å²) in [5.74, 6) is 0.828. The molecule has 0 radical (unpaired) electrons. The van der Waals surface area contributed by atoms with E-state index in [0.29, 0.717) is 0 Å². The van der Waals surface area contributed by atoms with Crippen molar-refractivity contribution in [3.8, 4) is 5.75 Å². The molecule has 1 N–H and O–H groups in total. The lowest BCUT2D eigenvalue weighted by Crippen LogP contribution is -2.21. The summed E-state index contributed by atoms with van der Waals surface area (Å²) in [6, 6.07) is 2.25. The first-order valence-corrected chi connectivity index (χ1v) is 5.54. The Labute approximate surface area is 97.5 Å². The van der Waals surface area contributed by atoms with Gasteiger partial charge in [-0.2, -0.15) is 0 Å². The Kier molecular flexibility index (Phi) is 4.99. The van der Waals surface area contributed by atoms with Gasteiger partial charge < -0.3 is 10.1 Å². The van der Waals surface area contributed by atoms with Crippen LogP contribution in [0.15, 0.2) is 30.6 Å². The van der Waals surface area contributed by atoms with Crippen molar-refractivity contribution in [3.63, 3.8) is 0 Å². The zero-order valence-corrected chi connectivity index (χ0v) is 10.3. The maximum Gasteiger partial charge on any atom is 0.141 e. The molecular formula is C13H20N2O. The molecule has 1 aromatic heterocycles. The number of aromatic nitrogens is 1. The molecule has 0 aromatic carbocycles. The van der Waals surface area contributed by atoms with Crippen LogP contribution in [0.3, 0.4) is 0 Å². The van der Waals surface area contributed by atoms with Crippen LogP contribution in [0, 0.1) is 0 Å². The molecule has 0 saturated carbocycles. The summed E-state index contributed by atoms with van der Waals surface area (Å²) in [6.45, 7) is 9.02. The Balaban J connectivity index is 2.94. The standard InChI is InChI=1S/C13H20N2O/c1-5-15-12(8-10(2)3)11-6-7-14-9-13(11)16-4/h6-7,9,12,15H,2,5,8H2,1,3-4H3. The third-order valence-electron chi connectivity index (χ3n) is 2.41. The van der Waals surface area contributed by atoms with Gasteiger partial charge >= 0.3 is 0 Å². The fourth-order valence-electron chi connectivity index (χ4n) is 1.74. The molecule has 0 bridgehead atoms. The highest BCUT2D eigenvalue weighted by Crippen LogP contribution is 2.27. The van der Waals surface area contributed by atoms with Crippen molar-refractivity contribution in [2.24, 2.45) is 0 Å². The summed E-state index contributed by atoms with van der Waals surface area (Å²) >= 11 is 0. The van der Waals surface area contributed by atoms with E-state index in [-0.39, 0.29) is 6.04 Å². The van der Waals surface area contributed by atoms with E-state index in [4.69, 9.17) is 4.74 Å². The van der Waals surface area contributed by atoms with Crippen molar-refractivity contribution < 1.29 is 4.74 Å². The van der Waals surface area contributed by atoms with Crippen molar-refractivity contribution >= 4 is 0 Å². The molecule has 0 amide bonds. The maximum atomic E-state index is 5.32. The second-order valence-electron chi connectivity index (χ2n) is 3.89. The normalized spacial score (nSPS) is 12.2. The summed E-state index contributed by atoms with van der Waals surface area (Å²) in [7, 11) is 1.67. The largest absolute Gasteiger partial charge is 0.495 e. The topological polar surface area (TPSA) is 34.2 Å². The molecule has 0 aliphatic carbocycles. The Hall–Kier alpha value is -1.35. The molecule has 3 heteroatoms. The molecular weight excluding hydrogens is 200 g/mol. The second-order valence-corrected chi connectivity index (χ2v) is 3.89. The number of nitrogens with one attached hydrogen (secondary N) is 1. The van der Waals surface area contributed by atoms with Gasteiger partial charge in [0.1, 0.15) is 5.75 Å². The Bertz CT molecular complexity index is 350. The van der Waals surface area contributed by atoms with Crippen molar-refractivity contribution in [1.82, 2.24) is 10.3 Å². The van der Waals surface area contributed by atoms with Gasteiger partial charge in [-0.3, -0.25) is 4.98 Å². The summed E-state index contributed by atoms with van der Waals surface area (Å²) in [5.41, 5.74) is 2.30. The van der Waals surface area contributed by atoms with E-state index in [1.54, 1.807) is 19.5 Å². The van der Waals surface area contributed by atoms with Gasteiger partial charge in [0, 0.05) is 17.8 Å². The quantitative estimate of drug-likeness (QED) is 0.748. The zero-order chi connectivity index (χ0) is 12.0. The third-order valence-corrected chi connectivity index (χ3v) is 2.41. The van der Waals surface area contributed by atoms with E-state index in [1.165, 1.54) is 0 Å². The van der Waals surface area contributed by atoms with Gasteiger partial charge in [-0.25, -0.2) is 0 Å². The predicted molar refractivity (Wildman–Crippen MR) is 66.6 cm³/mol. The first-order valence-electron chi connectivity index (χ1n) is 5.54. The van der Waals surface area contributed by atoms with Crippen LogP contribution in [0.5, 0.6) is 5.75 Å². The van der Waals surface area contributed by atoms with E-state index >= 15 is 0 Å². The van der Waals surface area contributed by atoms with Crippen LogP contribution < -0.4 is 10.1 Å². The molecule has 0 aliphatic rings. The SMILES string of the molecule is C=C(C)CC(NCC)c1ccncc1OC. The zero-order valence-electron chi connectivity index (χ0n) is 10.3. The first kappa shape index (κ1) is 12.7. The smallest absolute Gasteiger partial charge is 0.141 e. The van der Waals surface area contributed by atoms with Gasteiger partial charge in [0.25, 0.3) is 0 Å². The average Bonchev–Trinajstić information content (AvgIpc) is 2.28. The van der Waals surface area contributed by atoms with Crippen LogP contribution in [-0.2, 0) is 0 Å². The lowest BCUT2D eigenvalue weighted by Gasteiger charge is -2.20. The molecule has 1 rings (SSSR count). The minimum atomic E-state index is 0.250. The molecule has 0 fully saturated rings. The highest BCUT2D eigenvalue weighted by molar-refractivity contribution is 5.33. The van der Waals surface area contributed by atoms with Crippen LogP contribution in [0.2, 0.25) is 0 Å². The maximum absolute atomic E-state index is 5.32. The van der Waals surface area contributed by atoms with Crippen LogP contribution in [0.4, 0.5) is 0 Å². The van der Waals surface area contributed by atoms with Crippen molar-refractivity contribution in [3.05, 3.63) is 36.2 Å². The summed E-state index contributed by atoms with van der Waals surface area (Å²) in [4.78, 5) is 4.06. The molecule has 3 nitrogen and oxygen atoms in total. The number of methoxy groups -OCH3 is 1. The lowest BCUT2D eigenvalue weighted by molar-refractivity contribution is 0.397. The van der Waals surface area contributed by atoms with Gasteiger partial charge in [-0.15, -0.1) is 6.58 Å². The van der Waals surface area contributed by atoms with Crippen LogP contribution in [0.25, 0.3) is 0 Å². The van der Waals surface area contributed by atoms with Gasteiger partial charge in [-0.05, 0) is 26.0 Å². The van der Waals surface area contributed by atoms with E-state index < -0.39 is 0 Å². The minimum Gasteiger partial charge on any atom is -0.495 e. The number of hydrogen-bond donors (Lipinski definition) is 1. The predicted octanol–water partition coefficient (Wildman–Crippen LogP) is 2.71. The Morgan fingerprint density at radius 3 is 2.94 bits per heavy atom. The number of ether oxygens (including phenoxy) is 1. The molecule has 0 aliphatic heterocycles. The molecule has 0 saturated heterocycles. The van der Waals surface area contributed by atoms with E-state index in [9.17, 15) is 0 Å². The summed E-state index contributed by atoms with van der Waals surface area (Å²) in [5, 5.41) is 3.44. The molecule has 1 aromatic rings. The fraction of sp³-hybridized carbons (Fsp3) is 0.462. The molecule has 16 heavy (non-hydrogen) atoms. The average molecular weight is 220 g/mol. The molecule has 0 spiro atoms. The molecule has 1 atom stereocenters. The van der Waals surface area contributed by atoms with Crippen molar-refractivity contribution in [2.45, 2.75) is 26.3 Å². The lowest BCUT2D eigenvalue weighted by atomic mass is 10.0. The first-order chi connectivity index (χ1) is 7.69. The van der Waals surface area contributed by atoms with Gasteiger partial charge in [0.2, 0.25) is 0 Å².